The molecule has 0 aromatic heterocycles. The van der Waals surface area contributed by atoms with Gasteiger partial charge in [0.25, 0.3) is 0 Å². The Labute approximate surface area is 72.3 Å². The predicted octanol–water partition coefficient (Wildman–Crippen LogP) is 2.53. The third kappa shape index (κ3) is 2.24. The van der Waals surface area contributed by atoms with Gasteiger partial charge in [-0.1, -0.05) is 17.7 Å². The topological polar surface area (TPSA) is 12.0 Å². The fourth-order valence-electron chi connectivity index (χ4n) is 1.02. The monoisotopic (exact) mass is 167 g/mol. The molecule has 0 atom stereocenters. The van der Waals surface area contributed by atoms with E-state index in [1.165, 1.54) is 16.0 Å². The van der Waals surface area contributed by atoms with Gasteiger partial charge in [-0.15, -0.1) is 0 Å². The number of hydrogen-bond acceptors (Lipinski definition) is 2. The normalized spacial score (nSPS) is 10.1. The molecule has 1 aromatic rings. The maximum absolute atomic E-state index is 3.06. The van der Waals surface area contributed by atoms with Crippen LogP contribution in [-0.2, 0) is 0 Å². The minimum absolute atomic E-state index is 1.30. The van der Waals surface area contributed by atoms with Crippen LogP contribution >= 0.6 is 11.9 Å². The lowest BCUT2D eigenvalue weighted by Crippen LogP contribution is -1.92. The average Bonchev–Trinajstić information content (AvgIpc) is 1.95. The lowest BCUT2D eigenvalue weighted by molar-refractivity contribution is 1.22. The quantitative estimate of drug-likeness (QED) is 0.679. The zero-order valence-corrected chi connectivity index (χ0v) is 7.96. The smallest absolute Gasteiger partial charge is 0.0257 e. The first-order chi connectivity index (χ1) is 5.24. The van der Waals surface area contributed by atoms with Gasteiger partial charge < -0.3 is 0 Å². The Hall–Kier alpha value is -0.470. The van der Waals surface area contributed by atoms with Crippen molar-refractivity contribution in [1.82, 2.24) is 4.72 Å². The van der Waals surface area contributed by atoms with Crippen molar-refractivity contribution in [1.29, 1.82) is 0 Å². The molecule has 0 spiro atoms. The molecular weight excluding hydrogens is 154 g/mol. The summed E-state index contributed by atoms with van der Waals surface area (Å²) in [7, 11) is 1.93. The van der Waals surface area contributed by atoms with E-state index < -0.39 is 0 Å². The van der Waals surface area contributed by atoms with Gasteiger partial charge in [0.1, 0.15) is 0 Å². The van der Waals surface area contributed by atoms with Gasteiger partial charge in [0, 0.05) is 4.90 Å². The minimum atomic E-state index is 1.30. The van der Waals surface area contributed by atoms with Crippen LogP contribution in [0.2, 0.25) is 0 Å². The molecule has 0 bridgehead atoms. The number of benzene rings is 1. The van der Waals surface area contributed by atoms with Crippen LogP contribution in [0.3, 0.4) is 0 Å². The lowest BCUT2D eigenvalue weighted by Gasteiger charge is -2.03. The maximum atomic E-state index is 3.06. The predicted molar refractivity (Wildman–Crippen MR) is 50.8 cm³/mol. The van der Waals surface area contributed by atoms with Crippen LogP contribution in [0.4, 0.5) is 0 Å². The van der Waals surface area contributed by atoms with Crippen LogP contribution in [0.5, 0.6) is 0 Å². The molecule has 0 aliphatic rings. The van der Waals surface area contributed by atoms with E-state index in [0.29, 0.717) is 0 Å². The molecule has 1 N–H and O–H groups in total. The van der Waals surface area contributed by atoms with E-state index in [9.17, 15) is 0 Å². The first-order valence-electron chi connectivity index (χ1n) is 3.65. The molecule has 0 heterocycles. The van der Waals surface area contributed by atoms with Gasteiger partial charge in [0.15, 0.2) is 0 Å². The Kier molecular flexibility index (Phi) is 2.97. The summed E-state index contributed by atoms with van der Waals surface area (Å²) in [5, 5.41) is 0. The molecule has 0 aliphatic carbocycles. The van der Waals surface area contributed by atoms with Crippen LogP contribution in [0.1, 0.15) is 11.1 Å². The molecule has 0 amide bonds. The summed E-state index contributed by atoms with van der Waals surface area (Å²) < 4.78 is 3.06. The molecular formula is C9H13NS. The largest absolute Gasteiger partial charge is 0.263 e. The third-order valence-corrected chi connectivity index (χ3v) is 2.42. The van der Waals surface area contributed by atoms with E-state index >= 15 is 0 Å². The molecule has 0 radical (unpaired) electrons. The van der Waals surface area contributed by atoms with E-state index in [4.69, 9.17) is 0 Å². The van der Waals surface area contributed by atoms with Gasteiger partial charge in [-0.25, -0.2) is 0 Å². The highest BCUT2D eigenvalue weighted by Gasteiger charge is 1.96. The molecule has 11 heavy (non-hydrogen) atoms. The standard InChI is InChI=1S/C9H13NS/c1-7-4-5-9(11-10-3)8(2)6-7/h4-6,10H,1-3H3. The highest BCUT2D eigenvalue weighted by Crippen LogP contribution is 2.19. The Morgan fingerprint density at radius 3 is 2.55 bits per heavy atom. The summed E-state index contributed by atoms with van der Waals surface area (Å²) in [6.45, 7) is 4.24. The van der Waals surface area contributed by atoms with Crippen LogP contribution in [-0.4, -0.2) is 7.05 Å². The summed E-state index contributed by atoms with van der Waals surface area (Å²) >= 11 is 1.66. The zero-order valence-electron chi connectivity index (χ0n) is 7.14. The molecule has 60 valence electrons. The van der Waals surface area contributed by atoms with E-state index in [1.807, 2.05) is 7.05 Å². The van der Waals surface area contributed by atoms with E-state index in [-0.39, 0.29) is 0 Å². The van der Waals surface area contributed by atoms with E-state index in [2.05, 4.69) is 36.8 Å². The van der Waals surface area contributed by atoms with Gasteiger partial charge in [-0.3, -0.25) is 4.72 Å². The second-order valence-electron chi connectivity index (χ2n) is 2.58. The Morgan fingerprint density at radius 1 is 1.27 bits per heavy atom. The highest BCUT2D eigenvalue weighted by atomic mass is 32.2. The first kappa shape index (κ1) is 8.62. The van der Waals surface area contributed by atoms with Gasteiger partial charge in [0.05, 0.1) is 0 Å². The summed E-state index contributed by atoms with van der Waals surface area (Å²) in [5.74, 6) is 0. The van der Waals surface area contributed by atoms with E-state index in [0.717, 1.165) is 0 Å². The second-order valence-corrected chi connectivity index (χ2v) is 3.63. The fourth-order valence-corrected chi connectivity index (χ4v) is 1.60. The van der Waals surface area contributed by atoms with Crippen molar-refractivity contribution in [3.05, 3.63) is 29.3 Å². The first-order valence-corrected chi connectivity index (χ1v) is 4.46. The Morgan fingerprint density at radius 2 is 2.00 bits per heavy atom. The van der Waals surface area contributed by atoms with E-state index in [1.54, 1.807) is 11.9 Å². The number of nitrogens with one attached hydrogen (secondary N) is 1. The van der Waals surface area contributed by atoms with Crippen molar-refractivity contribution in [2.24, 2.45) is 0 Å². The summed E-state index contributed by atoms with van der Waals surface area (Å²) in [6.07, 6.45) is 0. The van der Waals surface area contributed by atoms with Crippen LogP contribution in [0, 0.1) is 13.8 Å². The Bertz CT molecular complexity index is 245. The summed E-state index contributed by atoms with van der Waals surface area (Å²) in [6, 6.07) is 6.47. The molecule has 0 saturated carbocycles. The van der Waals surface area contributed by atoms with Crippen molar-refractivity contribution in [2.45, 2.75) is 18.7 Å². The number of rotatable bonds is 2. The molecule has 0 aliphatic heterocycles. The molecule has 2 heteroatoms. The van der Waals surface area contributed by atoms with Crippen molar-refractivity contribution < 1.29 is 0 Å². The average molecular weight is 167 g/mol. The number of aryl methyl sites for hydroxylation is 2. The molecule has 0 fully saturated rings. The van der Waals surface area contributed by atoms with Crippen LogP contribution in [0.25, 0.3) is 0 Å². The van der Waals surface area contributed by atoms with Crippen LogP contribution in [0.15, 0.2) is 23.1 Å². The Balaban J connectivity index is 2.90. The zero-order chi connectivity index (χ0) is 8.27. The fraction of sp³-hybridized carbons (Fsp3) is 0.333. The molecule has 0 unspecified atom stereocenters. The maximum Gasteiger partial charge on any atom is 0.0257 e. The van der Waals surface area contributed by atoms with Gasteiger partial charge in [-0.2, -0.15) is 0 Å². The molecule has 1 rings (SSSR count). The highest BCUT2D eigenvalue weighted by molar-refractivity contribution is 7.97. The molecule has 1 nitrogen and oxygen atoms in total. The van der Waals surface area contributed by atoms with Gasteiger partial charge in [0.2, 0.25) is 0 Å². The lowest BCUT2D eigenvalue weighted by atomic mass is 10.2. The van der Waals surface area contributed by atoms with Gasteiger partial charge in [-0.05, 0) is 44.5 Å². The third-order valence-electron chi connectivity index (χ3n) is 1.54. The minimum Gasteiger partial charge on any atom is -0.263 e. The number of hydrogen-bond donors (Lipinski definition) is 1. The SMILES string of the molecule is CNSc1ccc(C)cc1C. The second kappa shape index (κ2) is 3.79. The molecule has 1 aromatic carbocycles. The van der Waals surface area contributed by atoms with Gasteiger partial charge >= 0.3 is 0 Å². The molecule has 0 saturated heterocycles. The van der Waals surface area contributed by atoms with Crippen molar-refractivity contribution in [3.63, 3.8) is 0 Å². The van der Waals surface area contributed by atoms with Crippen molar-refractivity contribution in [2.75, 3.05) is 7.05 Å². The summed E-state index contributed by atoms with van der Waals surface area (Å²) in [5.41, 5.74) is 2.66. The van der Waals surface area contributed by atoms with Crippen molar-refractivity contribution >= 4 is 11.9 Å². The van der Waals surface area contributed by atoms with Crippen molar-refractivity contribution in [3.8, 4) is 0 Å². The van der Waals surface area contributed by atoms with Crippen LogP contribution < -0.4 is 4.72 Å². The summed E-state index contributed by atoms with van der Waals surface area (Å²) in [4.78, 5) is 1.30.